The third-order valence-corrected chi connectivity index (χ3v) is 3.65. The van der Waals surface area contributed by atoms with E-state index in [1.807, 2.05) is 6.07 Å². The second-order valence-electron chi connectivity index (χ2n) is 5.28. The molecule has 2 aliphatic carbocycles. The predicted molar refractivity (Wildman–Crippen MR) is 70.3 cm³/mol. The summed E-state index contributed by atoms with van der Waals surface area (Å²) in [5.74, 6) is 1.46. The molecule has 4 heteroatoms. The first-order valence-corrected chi connectivity index (χ1v) is 6.78. The largest absolute Gasteiger partial charge is 0.484 e. The maximum atomic E-state index is 11.5. The molecule has 0 saturated heterocycles. The van der Waals surface area contributed by atoms with Gasteiger partial charge in [-0.3, -0.25) is 9.59 Å². The highest BCUT2D eigenvalue weighted by atomic mass is 16.5. The van der Waals surface area contributed by atoms with Gasteiger partial charge in [0.1, 0.15) is 5.75 Å². The second-order valence-corrected chi connectivity index (χ2v) is 5.28. The summed E-state index contributed by atoms with van der Waals surface area (Å²) < 4.78 is 5.46. The molecule has 0 bridgehead atoms. The summed E-state index contributed by atoms with van der Waals surface area (Å²) in [5.41, 5.74) is 1.83. The van der Waals surface area contributed by atoms with Gasteiger partial charge in [0.15, 0.2) is 12.4 Å². The maximum Gasteiger partial charge on any atom is 0.257 e. The Labute approximate surface area is 112 Å². The topological polar surface area (TPSA) is 55.4 Å². The second kappa shape index (κ2) is 5.03. The van der Waals surface area contributed by atoms with Crippen LogP contribution in [0.15, 0.2) is 18.2 Å². The van der Waals surface area contributed by atoms with E-state index in [1.165, 1.54) is 12.8 Å². The molecule has 1 saturated carbocycles. The summed E-state index contributed by atoms with van der Waals surface area (Å²) in [5, 5.41) is 2.86. The zero-order valence-corrected chi connectivity index (χ0v) is 10.8. The van der Waals surface area contributed by atoms with E-state index in [1.54, 1.807) is 12.1 Å². The third kappa shape index (κ3) is 2.95. The van der Waals surface area contributed by atoms with Crippen LogP contribution in [-0.2, 0) is 11.2 Å². The van der Waals surface area contributed by atoms with Crippen LogP contribution in [0.3, 0.4) is 0 Å². The Bertz CT molecular complexity index is 520. The van der Waals surface area contributed by atoms with Gasteiger partial charge in [0.05, 0.1) is 0 Å². The summed E-state index contributed by atoms with van der Waals surface area (Å²) in [4.78, 5) is 23.0. The average Bonchev–Trinajstić information content (AvgIpc) is 3.18. The van der Waals surface area contributed by atoms with Gasteiger partial charge >= 0.3 is 0 Å². The van der Waals surface area contributed by atoms with Crippen molar-refractivity contribution in [1.82, 2.24) is 5.32 Å². The van der Waals surface area contributed by atoms with Crippen LogP contribution in [-0.4, -0.2) is 24.8 Å². The Morgan fingerprint density at radius 3 is 2.95 bits per heavy atom. The number of benzene rings is 1. The number of hydrogen-bond donors (Lipinski definition) is 1. The highest BCUT2D eigenvalue weighted by Gasteiger charge is 2.22. The monoisotopic (exact) mass is 259 g/mol. The fourth-order valence-corrected chi connectivity index (χ4v) is 2.30. The number of aryl methyl sites for hydroxylation is 1. The summed E-state index contributed by atoms with van der Waals surface area (Å²) in [6.07, 6.45) is 3.81. The van der Waals surface area contributed by atoms with Crippen molar-refractivity contribution in [3.63, 3.8) is 0 Å². The van der Waals surface area contributed by atoms with Crippen LogP contribution in [0.2, 0.25) is 0 Å². The molecule has 0 spiro atoms. The molecule has 0 aliphatic heterocycles. The first-order chi connectivity index (χ1) is 9.22. The lowest BCUT2D eigenvalue weighted by Gasteiger charge is -2.08. The third-order valence-electron chi connectivity index (χ3n) is 3.65. The zero-order valence-electron chi connectivity index (χ0n) is 10.8. The Morgan fingerprint density at radius 2 is 2.16 bits per heavy atom. The fourth-order valence-electron chi connectivity index (χ4n) is 2.30. The van der Waals surface area contributed by atoms with E-state index in [0.29, 0.717) is 18.1 Å². The highest BCUT2D eigenvalue weighted by Crippen LogP contribution is 2.27. The van der Waals surface area contributed by atoms with E-state index < -0.39 is 0 Å². The van der Waals surface area contributed by atoms with Crippen LogP contribution in [0.4, 0.5) is 0 Å². The van der Waals surface area contributed by atoms with Crippen LogP contribution in [0.5, 0.6) is 5.75 Å². The number of ether oxygens (including phenoxy) is 1. The van der Waals surface area contributed by atoms with E-state index in [4.69, 9.17) is 4.74 Å². The van der Waals surface area contributed by atoms with E-state index in [0.717, 1.165) is 24.1 Å². The van der Waals surface area contributed by atoms with Crippen molar-refractivity contribution in [3.8, 4) is 5.75 Å². The molecule has 1 amide bonds. The van der Waals surface area contributed by atoms with Crippen molar-refractivity contribution in [3.05, 3.63) is 29.3 Å². The van der Waals surface area contributed by atoms with Gasteiger partial charge in [0, 0.05) is 18.5 Å². The Balaban J connectivity index is 1.52. The van der Waals surface area contributed by atoms with Crippen molar-refractivity contribution < 1.29 is 14.3 Å². The quantitative estimate of drug-likeness (QED) is 0.876. The summed E-state index contributed by atoms with van der Waals surface area (Å²) in [7, 11) is 0. The molecule has 0 aromatic heterocycles. The SMILES string of the molecule is O=C(COc1ccc2c(c1)CCC2=O)NCC1CC1. The zero-order chi connectivity index (χ0) is 13.2. The molecule has 2 aliphatic rings. The standard InChI is InChI=1S/C15H17NO3/c17-14-6-3-11-7-12(4-5-13(11)14)19-9-15(18)16-8-10-1-2-10/h4-5,7,10H,1-3,6,8-9H2,(H,16,18). The molecule has 0 heterocycles. The minimum atomic E-state index is -0.0801. The van der Waals surface area contributed by atoms with Crippen molar-refractivity contribution >= 4 is 11.7 Å². The molecule has 1 fully saturated rings. The first-order valence-electron chi connectivity index (χ1n) is 6.78. The molecule has 1 aromatic carbocycles. The van der Waals surface area contributed by atoms with Gasteiger partial charge < -0.3 is 10.1 Å². The van der Waals surface area contributed by atoms with Gasteiger partial charge in [-0.15, -0.1) is 0 Å². The van der Waals surface area contributed by atoms with Gasteiger partial charge in [0.25, 0.3) is 5.91 Å². The Hall–Kier alpha value is -1.84. The smallest absolute Gasteiger partial charge is 0.257 e. The molecule has 100 valence electrons. The van der Waals surface area contributed by atoms with Gasteiger partial charge in [-0.1, -0.05) is 0 Å². The van der Waals surface area contributed by atoms with Crippen LogP contribution in [0.25, 0.3) is 0 Å². The number of fused-ring (bicyclic) bond motifs is 1. The number of carbonyl (C=O) groups is 2. The predicted octanol–water partition coefficient (Wildman–Crippen LogP) is 1.72. The summed E-state index contributed by atoms with van der Waals surface area (Å²) in [6, 6.07) is 5.42. The number of amides is 1. The Kier molecular flexibility index (Phi) is 3.23. The van der Waals surface area contributed by atoms with Gasteiger partial charge in [-0.05, 0) is 48.9 Å². The van der Waals surface area contributed by atoms with Gasteiger partial charge in [0.2, 0.25) is 0 Å². The number of hydrogen-bond acceptors (Lipinski definition) is 3. The highest BCUT2D eigenvalue weighted by molar-refractivity contribution is 6.00. The number of rotatable bonds is 5. The fraction of sp³-hybridized carbons (Fsp3) is 0.467. The molecule has 0 radical (unpaired) electrons. The molecule has 19 heavy (non-hydrogen) atoms. The van der Waals surface area contributed by atoms with Crippen LogP contribution in [0, 0.1) is 5.92 Å². The minimum absolute atomic E-state index is 0.0411. The molecule has 4 nitrogen and oxygen atoms in total. The molecular weight excluding hydrogens is 242 g/mol. The van der Waals surface area contributed by atoms with Crippen LogP contribution >= 0.6 is 0 Å². The van der Waals surface area contributed by atoms with E-state index in [2.05, 4.69) is 5.32 Å². The molecule has 3 rings (SSSR count). The maximum absolute atomic E-state index is 11.5. The molecule has 0 unspecified atom stereocenters. The van der Waals surface area contributed by atoms with Gasteiger partial charge in [-0.25, -0.2) is 0 Å². The van der Waals surface area contributed by atoms with Crippen LogP contribution < -0.4 is 10.1 Å². The lowest BCUT2D eigenvalue weighted by atomic mass is 10.1. The average molecular weight is 259 g/mol. The molecular formula is C15H17NO3. The number of nitrogens with one attached hydrogen (secondary N) is 1. The summed E-state index contributed by atoms with van der Waals surface area (Å²) in [6.45, 7) is 0.806. The molecule has 1 aromatic rings. The molecule has 0 atom stereocenters. The number of carbonyl (C=O) groups excluding carboxylic acids is 2. The summed E-state index contributed by atoms with van der Waals surface area (Å²) >= 11 is 0. The minimum Gasteiger partial charge on any atom is -0.484 e. The van der Waals surface area contributed by atoms with Crippen molar-refractivity contribution in [2.24, 2.45) is 5.92 Å². The van der Waals surface area contributed by atoms with Crippen LogP contribution in [0.1, 0.15) is 35.2 Å². The first kappa shape index (κ1) is 12.2. The Morgan fingerprint density at radius 1 is 1.32 bits per heavy atom. The number of ketones is 1. The van der Waals surface area contributed by atoms with Crippen molar-refractivity contribution in [1.29, 1.82) is 0 Å². The lowest BCUT2D eigenvalue weighted by molar-refractivity contribution is -0.123. The molecule has 1 N–H and O–H groups in total. The number of Topliss-reactive ketones (excluding diaryl/α,β-unsaturated/α-hetero) is 1. The lowest BCUT2D eigenvalue weighted by Crippen LogP contribution is -2.30. The van der Waals surface area contributed by atoms with Crippen molar-refractivity contribution in [2.45, 2.75) is 25.7 Å². The van der Waals surface area contributed by atoms with E-state index in [-0.39, 0.29) is 18.3 Å². The van der Waals surface area contributed by atoms with Gasteiger partial charge in [-0.2, -0.15) is 0 Å². The normalized spacial score (nSPS) is 17.2. The van der Waals surface area contributed by atoms with E-state index in [9.17, 15) is 9.59 Å². The van der Waals surface area contributed by atoms with Crippen molar-refractivity contribution in [2.75, 3.05) is 13.2 Å². The van der Waals surface area contributed by atoms with E-state index >= 15 is 0 Å².